The van der Waals surface area contributed by atoms with Gasteiger partial charge in [-0.1, -0.05) is 26.0 Å². The van der Waals surface area contributed by atoms with Crippen LogP contribution in [0.4, 0.5) is 4.39 Å². The van der Waals surface area contributed by atoms with Gasteiger partial charge in [-0.05, 0) is 36.5 Å². The van der Waals surface area contributed by atoms with Crippen LogP contribution in [0.2, 0.25) is 0 Å². The molecule has 0 radical (unpaired) electrons. The first-order chi connectivity index (χ1) is 9.56. The van der Waals surface area contributed by atoms with Crippen LogP contribution in [-0.4, -0.2) is 9.55 Å². The Bertz CT molecular complexity index is 531. The van der Waals surface area contributed by atoms with Crippen LogP contribution in [0.25, 0.3) is 0 Å². The van der Waals surface area contributed by atoms with E-state index in [2.05, 4.69) is 23.4 Å². The highest BCUT2D eigenvalue weighted by Crippen LogP contribution is 2.18. The first kappa shape index (κ1) is 14.7. The maximum atomic E-state index is 12.9. The zero-order valence-corrected chi connectivity index (χ0v) is 12.1. The van der Waals surface area contributed by atoms with Gasteiger partial charge >= 0.3 is 0 Å². The van der Waals surface area contributed by atoms with Gasteiger partial charge in [0.25, 0.3) is 0 Å². The first-order valence-corrected chi connectivity index (χ1v) is 7.06. The molecule has 0 spiro atoms. The third kappa shape index (κ3) is 3.90. The lowest BCUT2D eigenvalue weighted by Crippen LogP contribution is -2.17. The average molecular weight is 275 g/mol. The summed E-state index contributed by atoms with van der Waals surface area (Å²) in [7, 11) is 0. The van der Waals surface area contributed by atoms with E-state index >= 15 is 0 Å². The van der Waals surface area contributed by atoms with Gasteiger partial charge in [0.2, 0.25) is 0 Å². The third-order valence-corrected chi connectivity index (χ3v) is 3.40. The summed E-state index contributed by atoms with van der Waals surface area (Å²) in [6, 6.07) is 6.65. The summed E-state index contributed by atoms with van der Waals surface area (Å²) in [5.41, 5.74) is 8.40. The topological polar surface area (TPSA) is 43.8 Å². The zero-order valence-electron chi connectivity index (χ0n) is 12.1. The predicted octanol–water partition coefficient (Wildman–Crippen LogP) is 3.31. The Morgan fingerprint density at radius 2 is 1.95 bits per heavy atom. The molecule has 1 aromatic carbocycles. The van der Waals surface area contributed by atoms with Crippen LogP contribution in [0.3, 0.4) is 0 Å². The summed E-state index contributed by atoms with van der Waals surface area (Å²) in [4.78, 5) is 4.20. The van der Waals surface area contributed by atoms with Gasteiger partial charge in [0.05, 0.1) is 12.0 Å². The molecule has 1 unspecified atom stereocenters. The van der Waals surface area contributed by atoms with Crippen LogP contribution in [-0.2, 0) is 13.0 Å². The summed E-state index contributed by atoms with van der Waals surface area (Å²) < 4.78 is 15.0. The molecule has 1 aromatic heterocycles. The normalized spacial score (nSPS) is 12.8. The highest BCUT2D eigenvalue weighted by Gasteiger charge is 2.13. The fourth-order valence-electron chi connectivity index (χ4n) is 2.36. The Morgan fingerprint density at radius 1 is 1.25 bits per heavy atom. The van der Waals surface area contributed by atoms with Crippen LogP contribution in [0, 0.1) is 11.7 Å². The van der Waals surface area contributed by atoms with Gasteiger partial charge in [0.15, 0.2) is 0 Å². The summed E-state index contributed by atoms with van der Waals surface area (Å²) >= 11 is 0. The maximum absolute atomic E-state index is 12.9. The smallest absolute Gasteiger partial charge is 0.123 e. The number of aromatic nitrogens is 2. The minimum atomic E-state index is -0.198. The molecule has 2 N–H and O–H groups in total. The maximum Gasteiger partial charge on any atom is 0.123 e. The lowest BCUT2D eigenvalue weighted by Gasteiger charge is -2.16. The highest BCUT2D eigenvalue weighted by molar-refractivity contribution is 5.16. The number of nitrogens with zero attached hydrogens (tertiary/aromatic N) is 2. The van der Waals surface area contributed by atoms with Crippen molar-refractivity contribution in [2.45, 2.75) is 39.3 Å². The lowest BCUT2D eigenvalue weighted by atomic mass is 10.0. The van der Waals surface area contributed by atoms with E-state index in [0.29, 0.717) is 5.92 Å². The average Bonchev–Trinajstić information content (AvgIpc) is 2.86. The number of aryl methyl sites for hydroxylation is 2. The first-order valence-electron chi connectivity index (χ1n) is 7.06. The van der Waals surface area contributed by atoms with Gasteiger partial charge in [-0.15, -0.1) is 0 Å². The van der Waals surface area contributed by atoms with Crippen molar-refractivity contribution in [1.29, 1.82) is 0 Å². The SMILES string of the molecule is CC(C)CC(N)c1cncn1CCc1ccc(F)cc1. The molecular weight excluding hydrogens is 253 g/mol. The molecule has 1 heterocycles. The number of nitrogens with two attached hydrogens (primary N) is 1. The number of halogens is 1. The lowest BCUT2D eigenvalue weighted by molar-refractivity contribution is 0.483. The second-order valence-corrected chi connectivity index (χ2v) is 5.62. The van der Waals surface area contributed by atoms with Gasteiger partial charge in [0, 0.05) is 18.8 Å². The Balaban J connectivity index is 2.00. The van der Waals surface area contributed by atoms with Gasteiger partial charge in [-0.2, -0.15) is 0 Å². The van der Waals surface area contributed by atoms with Crippen molar-refractivity contribution in [3.8, 4) is 0 Å². The van der Waals surface area contributed by atoms with Crippen LogP contribution in [0.5, 0.6) is 0 Å². The molecule has 0 aliphatic rings. The summed E-state index contributed by atoms with van der Waals surface area (Å²) in [5.74, 6) is 0.362. The molecule has 0 saturated heterocycles. The van der Waals surface area contributed by atoms with Crippen molar-refractivity contribution in [3.05, 3.63) is 53.9 Å². The number of hydrogen-bond donors (Lipinski definition) is 1. The van der Waals surface area contributed by atoms with Crippen molar-refractivity contribution in [2.75, 3.05) is 0 Å². The van der Waals surface area contributed by atoms with Crippen molar-refractivity contribution >= 4 is 0 Å². The molecule has 20 heavy (non-hydrogen) atoms. The molecule has 0 aliphatic heterocycles. The number of rotatable bonds is 6. The van der Waals surface area contributed by atoms with Gasteiger partial charge in [-0.25, -0.2) is 9.37 Å². The van der Waals surface area contributed by atoms with E-state index in [9.17, 15) is 4.39 Å². The fraction of sp³-hybridized carbons (Fsp3) is 0.438. The quantitative estimate of drug-likeness (QED) is 0.879. The molecule has 1 atom stereocenters. The second-order valence-electron chi connectivity index (χ2n) is 5.62. The Morgan fingerprint density at radius 3 is 2.60 bits per heavy atom. The second kappa shape index (κ2) is 6.66. The number of benzene rings is 1. The standard InChI is InChI=1S/C16H22FN3/c1-12(2)9-15(18)16-10-19-11-20(16)8-7-13-3-5-14(17)6-4-13/h3-6,10-12,15H,7-9,18H2,1-2H3. The van der Waals surface area contributed by atoms with E-state index in [1.54, 1.807) is 0 Å². The van der Waals surface area contributed by atoms with E-state index in [1.165, 1.54) is 12.1 Å². The summed E-state index contributed by atoms with van der Waals surface area (Å²) in [5, 5.41) is 0. The Hall–Kier alpha value is -1.68. The van der Waals surface area contributed by atoms with E-state index in [-0.39, 0.29) is 11.9 Å². The molecule has 3 nitrogen and oxygen atoms in total. The molecule has 0 fully saturated rings. The van der Waals surface area contributed by atoms with Crippen molar-refractivity contribution < 1.29 is 4.39 Å². The summed E-state index contributed by atoms with van der Waals surface area (Å²) in [6.07, 6.45) is 5.46. The van der Waals surface area contributed by atoms with E-state index in [1.807, 2.05) is 24.7 Å². The molecule has 0 saturated carbocycles. The van der Waals surface area contributed by atoms with Crippen LogP contribution < -0.4 is 5.73 Å². The molecule has 0 bridgehead atoms. The molecule has 0 aliphatic carbocycles. The highest BCUT2D eigenvalue weighted by atomic mass is 19.1. The number of hydrogen-bond acceptors (Lipinski definition) is 2. The van der Waals surface area contributed by atoms with Gasteiger partial charge in [-0.3, -0.25) is 0 Å². The molecule has 108 valence electrons. The minimum Gasteiger partial charge on any atom is -0.333 e. The van der Waals surface area contributed by atoms with Crippen molar-refractivity contribution in [3.63, 3.8) is 0 Å². The van der Waals surface area contributed by atoms with E-state index in [4.69, 9.17) is 5.73 Å². The number of imidazole rings is 1. The molecule has 2 aromatic rings. The fourth-order valence-corrected chi connectivity index (χ4v) is 2.36. The molecular formula is C16H22FN3. The third-order valence-electron chi connectivity index (χ3n) is 3.40. The van der Waals surface area contributed by atoms with E-state index < -0.39 is 0 Å². The Labute approximate surface area is 119 Å². The molecule has 4 heteroatoms. The monoisotopic (exact) mass is 275 g/mol. The summed E-state index contributed by atoms with van der Waals surface area (Å²) in [6.45, 7) is 5.14. The molecule has 2 rings (SSSR count). The van der Waals surface area contributed by atoms with Crippen molar-refractivity contribution in [2.24, 2.45) is 11.7 Å². The van der Waals surface area contributed by atoms with E-state index in [0.717, 1.165) is 30.6 Å². The van der Waals surface area contributed by atoms with Gasteiger partial charge in [0.1, 0.15) is 5.82 Å². The zero-order chi connectivity index (χ0) is 14.5. The molecule has 0 amide bonds. The van der Waals surface area contributed by atoms with Crippen molar-refractivity contribution in [1.82, 2.24) is 9.55 Å². The largest absolute Gasteiger partial charge is 0.333 e. The minimum absolute atomic E-state index is 0.0192. The van der Waals surface area contributed by atoms with Crippen LogP contribution in [0.1, 0.15) is 37.6 Å². The van der Waals surface area contributed by atoms with Crippen LogP contribution >= 0.6 is 0 Å². The van der Waals surface area contributed by atoms with Crippen LogP contribution in [0.15, 0.2) is 36.8 Å². The van der Waals surface area contributed by atoms with Gasteiger partial charge < -0.3 is 10.3 Å². The predicted molar refractivity (Wildman–Crippen MR) is 78.7 cm³/mol. The Kier molecular flexibility index (Phi) is 4.90.